The average molecular weight is 377 g/mol. The first-order chi connectivity index (χ1) is 13.7. The third-order valence-electron chi connectivity index (χ3n) is 4.92. The fourth-order valence-corrected chi connectivity index (χ4v) is 3.34. The fourth-order valence-electron chi connectivity index (χ4n) is 3.34. The first-order valence-electron chi connectivity index (χ1n) is 9.12. The molecule has 4 rings (SSSR count). The van der Waals surface area contributed by atoms with Crippen molar-refractivity contribution in [1.29, 1.82) is 5.26 Å². The molecule has 1 atom stereocenters. The highest BCUT2D eigenvalue weighted by molar-refractivity contribution is 5.94. The highest BCUT2D eigenvalue weighted by Gasteiger charge is 2.33. The summed E-state index contributed by atoms with van der Waals surface area (Å²) < 4.78 is 11.4. The third kappa shape index (κ3) is 3.49. The van der Waals surface area contributed by atoms with E-state index in [1.807, 2.05) is 24.3 Å². The lowest BCUT2D eigenvalue weighted by Crippen LogP contribution is -2.55. The van der Waals surface area contributed by atoms with Crippen LogP contribution in [0.25, 0.3) is 0 Å². The van der Waals surface area contributed by atoms with Crippen molar-refractivity contribution in [2.45, 2.75) is 6.10 Å². The first kappa shape index (κ1) is 17.9. The average Bonchev–Trinajstić information content (AvgIpc) is 2.78. The Morgan fingerprint density at radius 2 is 1.57 bits per heavy atom. The smallest absolute Gasteiger partial charge is 0.267 e. The van der Waals surface area contributed by atoms with Crippen LogP contribution in [0.5, 0.6) is 11.5 Å². The molecule has 2 aliphatic rings. The molecule has 0 N–H and O–H groups in total. The van der Waals surface area contributed by atoms with Crippen LogP contribution in [0.15, 0.2) is 48.5 Å². The monoisotopic (exact) mass is 377 g/mol. The van der Waals surface area contributed by atoms with Crippen LogP contribution in [0.3, 0.4) is 0 Å². The normalized spacial score (nSPS) is 18.3. The van der Waals surface area contributed by atoms with Crippen LogP contribution in [0, 0.1) is 11.3 Å². The molecule has 0 bridgehead atoms. The summed E-state index contributed by atoms with van der Waals surface area (Å²) in [6.45, 7) is 1.98. The van der Waals surface area contributed by atoms with Crippen molar-refractivity contribution >= 4 is 11.8 Å². The molecule has 0 aliphatic carbocycles. The van der Waals surface area contributed by atoms with Crippen molar-refractivity contribution in [2.75, 3.05) is 32.8 Å². The van der Waals surface area contributed by atoms with E-state index < -0.39 is 6.10 Å². The molecule has 0 aromatic heterocycles. The Kier molecular flexibility index (Phi) is 4.85. The van der Waals surface area contributed by atoms with E-state index in [9.17, 15) is 9.59 Å². The van der Waals surface area contributed by atoms with Crippen LogP contribution in [0.4, 0.5) is 0 Å². The van der Waals surface area contributed by atoms with Gasteiger partial charge in [0.05, 0.1) is 11.6 Å². The van der Waals surface area contributed by atoms with Gasteiger partial charge in [0.1, 0.15) is 6.61 Å². The molecule has 7 heteroatoms. The van der Waals surface area contributed by atoms with Gasteiger partial charge in [-0.1, -0.05) is 12.1 Å². The summed E-state index contributed by atoms with van der Waals surface area (Å²) in [5.41, 5.74) is 1.06. The highest BCUT2D eigenvalue weighted by atomic mass is 16.6. The number of benzene rings is 2. The lowest BCUT2D eigenvalue weighted by Gasteiger charge is -2.37. The lowest BCUT2D eigenvalue weighted by atomic mass is 10.1. The molecule has 2 aliphatic heterocycles. The maximum absolute atomic E-state index is 12.8. The van der Waals surface area contributed by atoms with Gasteiger partial charge in [0.15, 0.2) is 11.5 Å². The Bertz CT molecular complexity index is 927. The van der Waals surface area contributed by atoms with E-state index in [4.69, 9.17) is 14.7 Å². The minimum absolute atomic E-state index is 0.0947. The van der Waals surface area contributed by atoms with Crippen LogP contribution in [0.1, 0.15) is 15.9 Å². The van der Waals surface area contributed by atoms with Crippen molar-refractivity contribution in [3.05, 3.63) is 59.7 Å². The number of hydrogen-bond acceptors (Lipinski definition) is 5. The molecule has 2 heterocycles. The summed E-state index contributed by atoms with van der Waals surface area (Å²) in [5, 5.41) is 8.86. The zero-order valence-corrected chi connectivity index (χ0v) is 15.2. The van der Waals surface area contributed by atoms with Crippen molar-refractivity contribution in [3.8, 4) is 17.6 Å². The number of ether oxygens (including phenoxy) is 2. The molecule has 0 unspecified atom stereocenters. The molecule has 0 saturated carbocycles. The maximum Gasteiger partial charge on any atom is 0.267 e. The van der Waals surface area contributed by atoms with Gasteiger partial charge in [0, 0.05) is 31.7 Å². The van der Waals surface area contributed by atoms with Gasteiger partial charge in [0.25, 0.3) is 11.8 Å². The van der Waals surface area contributed by atoms with E-state index >= 15 is 0 Å². The minimum atomic E-state index is -0.671. The third-order valence-corrected chi connectivity index (χ3v) is 4.92. The number of nitriles is 1. The zero-order chi connectivity index (χ0) is 19.5. The molecule has 0 spiro atoms. The van der Waals surface area contributed by atoms with Crippen LogP contribution in [0.2, 0.25) is 0 Å². The Labute approximate surface area is 162 Å². The van der Waals surface area contributed by atoms with Gasteiger partial charge in [-0.3, -0.25) is 9.59 Å². The molecule has 28 heavy (non-hydrogen) atoms. The topological polar surface area (TPSA) is 82.9 Å². The van der Waals surface area contributed by atoms with Gasteiger partial charge in [-0.2, -0.15) is 5.26 Å². The summed E-state index contributed by atoms with van der Waals surface area (Å²) in [5.74, 6) is 0.994. The molecule has 1 fully saturated rings. The molecule has 2 amide bonds. The SMILES string of the molecule is N#Cc1ccc(C(=O)N2CCN(C(=O)[C@@H]3COc4ccccc4O3)CC2)cc1. The summed E-state index contributed by atoms with van der Waals surface area (Å²) in [4.78, 5) is 28.8. The van der Waals surface area contributed by atoms with E-state index in [-0.39, 0.29) is 18.4 Å². The fraction of sp³-hybridized carbons (Fsp3) is 0.286. The molecule has 142 valence electrons. The van der Waals surface area contributed by atoms with Gasteiger partial charge in [-0.25, -0.2) is 0 Å². The number of rotatable bonds is 2. The number of para-hydroxylation sites is 2. The quantitative estimate of drug-likeness (QED) is 0.795. The second-order valence-electron chi connectivity index (χ2n) is 6.67. The van der Waals surface area contributed by atoms with E-state index in [0.717, 1.165) is 0 Å². The Morgan fingerprint density at radius 3 is 2.25 bits per heavy atom. The largest absolute Gasteiger partial charge is 0.485 e. The molecule has 7 nitrogen and oxygen atoms in total. The Morgan fingerprint density at radius 1 is 0.929 bits per heavy atom. The van der Waals surface area contributed by atoms with E-state index in [0.29, 0.717) is 48.8 Å². The zero-order valence-electron chi connectivity index (χ0n) is 15.2. The second-order valence-corrected chi connectivity index (χ2v) is 6.67. The standard InChI is InChI=1S/C21H19N3O4/c22-13-15-5-7-16(8-6-15)20(25)23-9-11-24(12-10-23)21(26)19-14-27-17-3-1-2-4-18(17)28-19/h1-8,19H,9-12,14H2/t19-/m0/s1. The first-order valence-corrected chi connectivity index (χ1v) is 9.12. The van der Waals surface area contributed by atoms with Crippen LogP contribution >= 0.6 is 0 Å². The summed E-state index contributed by atoms with van der Waals surface area (Å²) in [6.07, 6.45) is -0.671. The number of hydrogen-bond donors (Lipinski definition) is 0. The number of nitrogens with zero attached hydrogens (tertiary/aromatic N) is 3. The van der Waals surface area contributed by atoms with Gasteiger partial charge in [0.2, 0.25) is 6.10 Å². The number of carbonyl (C=O) groups is 2. The summed E-state index contributed by atoms with van der Waals surface area (Å²) in [7, 11) is 0. The summed E-state index contributed by atoms with van der Waals surface area (Å²) in [6, 6.07) is 15.9. The van der Waals surface area contributed by atoms with E-state index in [1.54, 1.807) is 40.1 Å². The predicted octanol–water partition coefficient (Wildman–Crippen LogP) is 1.68. The van der Waals surface area contributed by atoms with E-state index in [1.165, 1.54) is 0 Å². The highest BCUT2D eigenvalue weighted by Crippen LogP contribution is 2.31. The van der Waals surface area contributed by atoms with Crippen LogP contribution < -0.4 is 9.47 Å². The number of piperazine rings is 1. The summed E-state index contributed by atoms with van der Waals surface area (Å²) >= 11 is 0. The molecule has 0 radical (unpaired) electrons. The maximum atomic E-state index is 12.8. The van der Waals surface area contributed by atoms with Gasteiger partial charge in [-0.15, -0.1) is 0 Å². The molecule has 2 aromatic rings. The molecular formula is C21H19N3O4. The van der Waals surface area contributed by atoms with Crippen molar-refractivity contribution < 1.29 is 19.1 Å². The van der Waals surface area contributed by atoms with Crippen LogP contribution in [-0.4, -0.2) is 60.5 Å². The minimum Gasteiger partial charge on any atom is -0.485 e. The molecular weight excluding hydrogens is 358 g/mol. The number of carbonyl (C=O) groups excluding carboxylic acids is 2. The molecule has 1 saturated heterocycles. The second kappa shape index (κ2) is 7.61. The Balaban J connectivity index is 1.34. The van der Waals surface area contributed by atoms with Gasteiger partial charge < -0.3 is 19.3 Å². The predicted molar refractivity (Wildman–Crippen MR) is 100.0 cm³/mol. The van der Waals surface area contributed by atoms with Crippen molar-refractivity contribution in [3.63, 3.8) is 0 Å². The van der Waals surface area contributed by atoms with E-state index in [2.05, 4.69) is 0 Å². The number of amides is 2. The Hall–Kier alpha value is -3.53. The van der Waals surface area contributed by atoms with Crippen molar-refractivity contribution in [1.82, 2.24) is 9.80 Å². The lowest BCUT2D eigenvalue weighted by molar-refractivity contribution is -0.142. The van der Waals surface area contributed by atoms with Crippen LogP contribution in [-0.2, 0) is 4.79 Å². The van der Waals surface area contributed by atoms with Crippen molar-refractivity contribution in [2.24, 2.45) is 0 Å². The molecule has 2 aromatic carbocycles. The number of fused-ring (bicyclic) bond motifs is 1. The van der Waals surface area contributed by atoms with Gasteiger partial charge >= 0.3 is 0 Å². The van der Waals surface area contributed by atoms with Gasteiger partial charge in [-0.05, 0) is 36.4 Å².